The lowest BCUT2D eigenvalue weighted by atomic mass is 10.1. The molecule has 5 heterocycles. The van der Waals surface area contributed by atoms with Crippen molar-refractivity contribution in [3.63, 3.8) is 0 Å². The fourth-order valence-corrected chi connectivity index (χ4v) is 4.77. The zero-order valence-electron chi connectivity index (χ0n) is 19.2. The molecule has 0 amide bonds. The topological polar surface area (TPSA) is 87.0 Å². The Morgan fingerprint density at radius 2 is 1.97 bits per heavy atom. The second-order valence-electron chi connectivity index (χ2n) is 9.07. The Bertz CT molecular complexity index is 1310. The van der Waals surface area contributed by atoms with Gasteiger partial charge in [-0.25, -0.2) is 9.67 Å². The van der Waals surface area contributed by atoms with Gasteiger partial charge in [-0.2, -0.15) is 10.1 Å². The van der Waals surface area contributed by atoms with Crippen molar-refractivity contribution >= 4 is 0 Å². The Kier molecular flexibility index (Phi) is 4.79. The van der Waals surface area contributed by atoms with Crippen molar-refractivity contribution in [2.45, 2.75) is 45.6 Å². The molecule has 0 spiro atoms. The molecule has 0 unspecified atom stereocenters. The van der Waals surface area contributed by atoms with Gasteiger partial charge in [-0.1, -0.05) is 19.0 Å². The summed E-state index contributed by atoms with van der Waals surface area (Å²) >= 11 is 0. The number of ether oxygens (including phenoxy) is 1. The summed E-state index contributed by atoms with van der Waals surface area (Å²) in [6, 6.07) is 6.04. The zero-order valence-corrected chi connectivity index (χ0v) is 19.2. The monoisotopic (exact) mass is 445 g/mol. The van der Waals surface area contributed by atoms with E-state index < -0.39 is 0 Å². The van der Waals surface area contributed by atoms with Gasteiger partial charge in [0.05, 0.1) is 36.1 Å². The first-order chi connectivity index (χ1) is 16.1. The van der Waals surface area contributed by atoms with Gasteiger partial charge in [-0.3, -0.25) is 9.47 Å². The van der Waals surface area contributed by atoms with Crippen LogP contribution in [0.1, 0.15) is 55.4 Å². The average molecular weight is 446 g/mol. The maximum absolute atomic E-state index is 5.62. The molecule has 2 aliphatic rings. The molecule has 0 N–H and O–H groups in total. The standard InChI is InChI=1S/C24H27N7O2/c1-15(2)23-27-24(33-28-23)22-21-11-19-16(13-29-8-4-5-9-29)12-26-31(19)20-10-17(32-3)6-7-18(20)30(21)14-25-22/h6-7,10,12,14-15H,4-5,8-9,11,13H2,1-3H3. The second kappa shape index (κ2) is 7.84. The molecule has 3 aromatic heterocycles. The molecular formula is C24H27N7O2. The molecule has 0 aliphatic carbocycles. The molecule has 0 radical (unpaired) electrons. The Morgan fingerprint density at radius 1 is 1.12 bits per heavy atom. The van der Waals surface area contributed by atoms with Gasteiger partial charge < -0.3 is 9.26 Å². The van der Waals surface area contributed by atoms with Crippen LogP contribution in [0.5, 0.6) is 5.75 Å². The summed E-state index contributed by atoms with van der Waals surface area (Å²) in [7, 11) is 1.68. The smallest absolute Gasteiger partial charge is 0.278 e. The summed E-state index contributed by atoms with van der Waals surface area (Å²) in [5.74, 6) is 2.12. The molecule has 6 rings (SSSR count). The molecule has 1 saturated heterocycles. The van der Waals surface area contributed by atoms with Crippen molar-refractivity contribution in [3.8, 4) is 28.7 Å². The van der Waals surface area contributed by atoms with Crippen molar-refractivity contribution in [2.24, 2.45) is 0 Å². The summed E-state index contributed by atoms with van der Waals surface area (Å²) in [6.07, 6.45) is 7.02. The summed E-state index contributed by atoms with van der Waals surface area (Å²) in [4.78, 5) is 11.8. The second-order valence-corrected chi connectivity index (χ2v) is 9.07. The number of fused-ring (bicyclic) bond motifs is 5. The van der Waals surface area contributed by atoms with Gasteiger partial charge in [0.15, 0.2) is 11.5 Å². The lowest BCUT2D eigenvalue weighted by Gasteiger charge is -2.15. The van der Waals surface area contributed by atoms with Crippen molar-refractivity contribution < 1.29 is 9.26 Å². The highest BCUT2D eigenvalue weighted by Gasteiger charge is 2.29. The van der Waals surface area contributed by atoms with Crippen LogP contribution in [0.3, 0.4) is 0 Å². The van der Waals surface area contributed by atoms with Crippen molar-refractivity contribution in [3.05, 3.63) is 53.5 Å². The molecule has 4 aromatic rings. The van der Waals surface area contributed by atoms with Crippen LogP contribution in [0, 0.1) is 0 Å². The molecular weight excluding hydrogens is 418 g/mol. The number of methoxy groups -OCH3 is 1. The number of rotatable bonds is 5. The minimum absolute atomic E-state index is 0.186. The molecule has 1 aromatic carbocycles. The Morgan fingerprint density at radius 3 is 2.73 bits per heavy atom. The SMILES string of the molecule is COc1ccc2c(c1)-n1ncc(CN3CCCC3)c1Cc1c(-c3nc(C(C)C)no3)ncn1-2. The molecule has 0 saturated carbocycles. The van der Waals surface area contributed by atoms with E-state index in [1.807, 2.05) is 35.4 Å². The first kappa shape index (κ1) is 20.2. The minimum atomic E-state index is 0.186. The van der Waals surface area contributed by atoms with Crippen LogP contribution >= 0.6 is 0 Å². The van der Waals surface area contributed by atoms with Crippen LogP contribution < -0.4 is 4.74 Å². The summed E-state index contributed by atoms with van der Waals surface area (Å²) in [5, 5.41) is 8.97. The quantitative estimate of drug-likeness (QED) is 0.407. The number of benzene rings is 1. The van der Waals surface area contributed by atoms with E-state index in [0.717, 1.165) is 53.8 Å². The highest BCUT2D eigenvalue weighted by molar-refractivity contribution is 5.63. The predicted molar refractivity (Wildman–Crippen MR) is 122 cm³/mol. The number of hydrogen-bond acceptors (Lipinski definition) is 7. The van der Waals surface area contributed by atoms with Crippen molar-refractivity contribution in [1.82, 2.24) is 34.4 Å². The van der Waals surface area contributed by atoms with E-state index in [2.05, 4.69) is 33.5 Å². The third-order valence-electron chi connectivity index (χ3n) is 6.58. The summed E-state index contributed by atoms with van der Waals surface area (Å²) in [6.45, 7) is 7.27. The van der Waals surface area contributed by atoms with E-state index >= 15 is 0 Å². The maximum Gasteiger partial charge on any atom is 0.278 e. The van der Waals surface area contributed by atoms with Gasteiger partial charge in [0.2, 0.25) is 0 Å². The molecule has 9 nitrogen and oxygen atoms in total. The fourth-order valence-electron chi connectivity index (χ4n) is 4.77. The number of likely N-dealkylation sites (tertiary alicyclic amines) is 1. The average Bonchev–Trinajstić information content (AvgIpc) is 3.61. The van der Waals surface area contributed by atoms with Crippen LogP contribution in [0.15, 0.2) is 35.2 Å². The van der Waals surface area contributed by atoms with E-state index in [4.69, 9.17) is 19.3 Å². The van der Waals surface area contributed by atoms with Crippen LogP contribution in [0.25, 0.3) is 23.0 Å². The van der Waals surface area contributed by atoms with Crippen LogP contribution in [0.4, 0.5) is 0 Å². The Labute approximate surface area is 192 Å². The number of imidazole rings is 1. The molecule has 9 heteroatoms. The largest absolute Gasteiger partial charge is 0.497 e. The van der Waals surface area contributed by atoms with Crippen LogP contribution in [-0.2, 0) is 13.0 Å². The molecule has 1 fully saturated rings. The third-order valence-corrected chi connectivity index (χ3v) is 6.58. The minimum Gasteiger partial charge on any atom is -0.497 e. The fraction of sp³-hybridized carbons (Fsp3) is 0.417. The van der Waals surface area contributed by atoms with E-state index in [1.54, 1.807) is 7.11 Å². The van der Waals surface area contributed by atoms with Gasteiger partial charge in [0.1, 0.15) is 12.1 Å². The molecule has 0 bridgehead atoms. The third kappa shape index (κ3) is 3.34. The van der Waals surface area contributed by atoms with Gasteiger partial charge in [0, 0.05) is 30.5 Å². The number of aromatic nitrogens is 6. The molecule has 0 atom stereocenters. The number of hydrogen-bond donors (Lipinski definition) is 0. The van der Waals surface area contributed by atoms with Gasteiger partial charge in [0.25, 0.3) is 5.89 Å². The summed E-state index contributed by atoms with van der Waals surface area (Å²) in [5.41, 5.74) is 6.08. The highest BCUT2D eigenvalue weighted by Crippen LogP contribution is 2.35. The maximum atomic E-state index is 5.62. The van der Waals surface area contributed by atoms with E-state index in [0.29, 0.717) is 18.1 Å². The molecule has 2 aliphatic heterocycles. The van der Waals surface area contributed by atoms with E-state index in [9.17, 15) is 0 Å². The molecule has 33 heavy (non-hydrogen) atoms. The van der Waals surface area contributed by atoms with Crippen LogP contribution in [-0.4, -0.2) is 54.6 Å². The lowest BCUT2D eigenvalue weighted by Crippen LogP contribution is -2.19. The first-order valence-corrected chi connectivity index (χ1v) is 11.5. The number of nitrogens with zero attached hydrogens (tertiary/aromatic N) is 7. The zero-order chi connectivity index (χ0) is 22.5. The van der Waals surface area contributed by atoms with Crippen molar-refractivity contribution in [2.75, 3.05) is 20.2 Å². The Hall–Kier alpha value is -3.46. The summed E-state index contributed by atoms with van der Waals surface area (Å²) < 4.78 is 15.3. The van der Waals surface area contributed by atoms with Gasteiger partial charge in [-0.15, -0.1) is 0 Å². The van der Waals surface area contributed by atoms with Gasteiger partial charge >= 0.3 is 0 Å². The van der Waals surface area contributed by atoms with E-state index in [1.165, 1.54) is 18.4 Å². The highest BCUT2D eigenvalue weighted by atomic mass is 16.5. The predicted octanol–water partition coefficient (Wildman–Crippen LogP) is 3.74. The lowest BCUT2D eigenvalue weighted by molar-refractivity contribution is 0.330. The van der Waals surface area contributed by atoms with Crippen molar-refractivity contribution in [1.29, 1.82) is 0 Å². The first-order valence-electron chi connectivity index (χ1n) is 11.5. The Balaban J connectivity index is 1.52. The van der Waals surface area contributed by atoms with Gasteiger partial charge in [-0.05, 0) is 38.1 Å². The van der Waals surface area contributed by atoms with Crippen LogP contribution in [0.2, 0.25) is 0 Å². The normalized spacial score (nSPS) is 15.4. The van der Waals surface area contributed by atoms with E-state index in [-0.39, 0.29) is 5.92 Å². The molecule has 170 valence electrons.